The molecule has 11 unspecified atom stereocenters. The Bertz CT molecular complexity index is 3220. The molecular formula is C96H179N2O38P2+. The number of hydrogen-bond donors (Lipinski definition) is 17. The fraction of sp³-hybridized carbons (Fsp3) is 0.854. The lowest BCUT2D eigenvalue weighted by Crippen LogP contribution is -3.12. The van der Waals surface area contributed by atoms with E-state index < -0.39 is 194 Å². The Hall–Kier alpha value is -4.16. The van der Waals surface area contributed by atoms with E-state index in [-0.39, 0.29) is 85.0 Å². The third-order valence-electron chi connectivity index (χ3n) is 22.7. The maximum absolute atomic E-state index is 13.2. The van der Waals surface area contributed by atoms with E-state index in [0.717, 1.165) is 108 Å². The number of methoxy groups -OCH3 is 1. The second-order valence-electron chi connectivity index (χ2n) is 34.9. The number of ether oxygens (including phenoxy) is 13. The van der Waals surface area contributed by atoms with Crippen LogP contribution in [0.25, 0.3) is 0 Å². The minimum atomic E-state index is -4.68. The van der Waals surface area contributed by atoms with Gasteiger partial charge < -0.3 is 148 Å². The molecule has 4 aliphatic rings. The molecule has 4 fully saturated rings. The van der Waals surface area contributed by atoms with Crippen molar-refractivity contribution in [3.63, 3.8) is 0 Å². The first kappa shape index (κ1) is 132. The number of quaternary nitrogens is 1. The Morgan fingerprint density at radius 3 is 1.09 bits per heavy atom. The van der Waals surface area contributed by atoms with Crippen molar-refractivity contribution in [2.45, 2.75) is 428 Å². The third kappa shape index (κ3) is 63.3. The highest BCUT2D eigenvalue weighted by molar-refractivity contribution is 7.47. The number of unbranched alkanes of at least 4 members (excludes halogenated alkanes) is 21. The molecular weight excluding hydrogens is 1850 g/mol. The molecule has 4 heterocycles. The minimum absolute atomic E-state index is 0.0258. The maximum Gasteiger partial charge on any atom is 0.472 e. The van der Waals surface area contributed by atoms with E-state index in [1.807, 2.05) is 19.9 Å². The van der Waals surface area contributed by atoms with Crippen molar-refractivity contribution in [1.82, 2.24) is 0 Å². The number of aliphatic hydroxyl groups excluding tert-OH is 13. The molecule has 0 aromatic heterocycles. The summed E-state index contributed by atoms with van der Waals surface area (Å²) in [5, 5.41) is 127. The lowest BCUT2D eigenvalue weighted by molar-refractivity contribution is -0.900. The number of phosphoric acid groups is 2. The molecule has 0 aromatic carbocycles. The molecule has 810 valence electrons. The molecule has 0 radical (unpaired) electrons. The lowest BCUT2D eigenvalue weighted by atomic mass is 10.0. The van der Waals surface area contributed by atoms with Gasteiger partial charge in [0, 0.05) is 32.9 Å². The summed E-state index contributed by atoms with van der Waals surface area (Å²) >= 11 is 0. The number of rotatable bonds is 74. The van der Waals surface area contributed by atoms with E-state index in [0.29, 0.717) is 71.1 Å². The molecule has 4 saturated heterocycles. The van der Waals surface area contributed by atoms with E-state index in [1.54, 1.807) is 52.0 Å². The number of allylic oxidation sites excluding steroid dienone is 7. The van der Waals surface area contributed by atoms with Gasteiger partial charge in [-0.25, -0.2) is 9.13 Å². The SMILES string of the molecule is C=CCCCO[C@@H]1OC(C)[C@H](O)[C@H](O)C1O.CC/C=C\CC(=O)OC[C@H](COP(=O)(O)OCCN)OC(=O)C/C=C\CC.CCCCCC/C=C\CCCCCCCC(=O)OC[C@H](COP(=O)(O)OCC[NH+](CCCCO[C@@H]1OC(C)[C@H](O)[C@H](O)C1O)CCCCO[C@@H]1OC(C)[C@H](O)[C@H](O)C1O)OC(=O)CCCCCCC/C=C\CCCCCC.COC(O)CCCO[C@@H]1OC(C)[C@H](O)[C@H](O)C1O. The topological polar surface area (TPSA) is 593 Å². The second-order valence-corrected chi connectivity index (χ2v) is 37.8. The van der Waals surface area contributed by atoms with Gasteiger partial charge in [-0.05, 0) is 150 Å². The first-order valence-electron chi connectivity index (χ1n) is 50.1. The maximum atomic E-state index is 13.2. The summed E-state index contributed by atoms with van der Waals surface area (Å²) in [6.45, 7) is 18.8. The molecule has 42 heteroatoms. The molecule has 25 atom stereocenters. The van der Waals surface area contributed by atoms with Gasteiger partial charge in [-0.2, -0.15) is 0 Å². The van der Waals surface area contributed by atoms with Crippen LogP contribution >= 0.6 is 15.6 Å². The predicted molar refractivity (Wildman–Crippen MR) is 512 cm³/mol. The summed E-state index contributed by atoms with van der Waals surface area (Å²) in [6.07, 6.45) is 23.4. The van der Waals surface area contributed by atoms with Gasteiger partial charge in [0.2, 0.25) is 0 Å². The van der Waals surface area contributed by atoms with Crippen molar-refractivity contribution in [3.05, 3.63) is 61.3 Å². The van der Waals surface area contributed by atoms with E-state index in [4.69, 9.17) is 81.3 Å². The number of nitrogens with two attached hydrogens (primary N) is 1. The highest BCUT2D eigenvalue weighted by atomic mass is 31.2. The monoisotopic (exact) mass is 2030 g/mol. The molecule has 4 aliphatic heterocycles. The minimum Gasteiger partial charge on any atom is -0.462 e. The zero-order chi connectivity index (χ0) is 103. The van der Waals surface area contributed by atoms with Gasteiger partial charge in [-0.3, -0.25) is 37.3 Å². The largest absolute Gasteiger partial charge is 0.472 e. The fourth-order valence-electron chi connectivity index (χ4n) is 14.1. The van der Waals surface area contributed by atoms with Gasteiger partial charge in [-0.15, -0.1) is 6.58 Å². The molecule has 40 nitrogen and oxygen atoms in total. The van der Waals surface area contributed by atoms with Crippen LogP contribution in [0.5, 0.6) is 0 Å². The highest BCUT2D eigenvalue weighted by Crippen LogP contribution is 2.44. The van der Waals surface area contributed by atoms with Crippen LogP contribution in [0.4, 0.5) is 0 Å². The van der Waals surface area contributed by atoms with Crippen LogP contribution in [0.3, 0.4) is 0 Å². The number of carbonyl (C=O) groups excluding carboxylic acids is 4. The Balaban J connectivity index is 0.00000124. The van der Waals surface area contributed by atoms with Crippen LogP contribution in [0.2, 0.25) is 0 Å². The first-order valence-corrected chi connectivity index (χ1v) is 53.1. The van der Waals surface area contributed by atoms with Gasteiger partial charge in [0.15, 0.2) is 43.7 Å². The summed E-state index contributed by atoms with van der Waals surface area (Å²) < 4.78 is 115. The Labute approximate surface area is 819 Å². The molecule has 0 aromatic rings. The zero-order valence-electron chi connectivity index (χ0n) is 83.6. The van der Waals surface area contributed by atoms with E-state index in [2.05, 4.69) is 54.0 Å². The van der Waals surface area contributed by atoms with Crippen LogP contribution in [-0.4, -0.2) is 341 Å². The van der Waals surface area contributed by atoms with Gasteiger partial charge >= 0.3 is 39.5 Å². The molecule has 0 spiro atoms. The third-order valence-corrected chi connectivity index (χ3v) is 24.6. The number of carbonyl (C=O) groups is 4. The van der Waals surface area contributed by atoms with Crippen LogP contribution in [0, 0.1) is 0 Å². The van der Waals surface area contributed by atoms with Gasteiger partial charge in [-0.1, -0.05) is 159 Å². The molecule has 0 bridgehead atoms. The van der Waals surface area contributed by atoms with Crippen molar-refractivity contribution in [1.29, 1.82) is 0 Å². The van der Waals surface area contributed by atoms with Crippen LogP contribution in [-0.2, 0) is 108 Å². The molecule has 0 aliphatic carbocycles. The van der Waals surface area contributed by atoms with Gasteiger partial charge in [0.1, 0.15) is 99.6 Å². The van der Waals surface area contributed by atoms with E-state index in [1.165, 1.54) is 58.5 Å². The summed E-state index contributed by atoms with van der Waals surface area (Å²) in [5.74, 6) is -2.06. The number of esters is 4. The smallest absolute Gasteiger partial charge is 0.462 e. The van der Waals surface area contributed by atoms with E-state index >= 15 is 0 Å². The Morgan fingerprint density at radius 2 is 0.710 bits per heavy atom. The quantitative estimate of drug-likeness (QED) is 0.00688. The predicted octanol–water partition coefficient (Wildman–Crippen LogP) is 7.84. The molecule has 0 saturated carbocycles. The normalized spacial score (nSPS) is 26.8. The summed E-state index contributed by atoms with van der Waals surface area (Å²) in [7, 11) is -7.62. The second kappa shape index (κ2) is 82.0. The average Bonchev–Trinajstić information content (AvgIpc) is 0.838. The number of phosphoric ester groups is 2. The Kier molecular flexibility index (Phi) is 78.3. The standard InChI is InChI=1S/C57H106NO18P.C17H30NO8P.C11H22O7.C11H20O5/c1-5-7-9-11-13-15-17-19-21-23-25-27-29-35-48(59)71-43-47(76-49(60)36-30-28-26-24-22-20-18-16-14-12-10-8-6-2)44-73-77(67,68)72-42-39-58(37-31-33-40-69-56-54(65)52(63)50(61)45(3)74-56)38-32-34-41-70-57-55(66)53(64)51(62)46(4)75-57;1-3-5-7-9-16(19)23-13-15(26-17(20)10-8-6-4-2)14-25-27(21,22)24-12-11-18;1-6-8(13)9(14)10(15)11(18-6)17-5-3-4-7(12)16-2;1-3-4-5-6-15-11-10(14)9(13)8(12)7(2)16-11/h15-18,45-47,50-57,61-66H,5-14,19-44H2,1-4H3,(H,67,68);5-8,15H,3-4,9-14,18H2,1-2H3,(H,21,22);6-15H,3-5H2,1-2H3;3,7-14H,1,4-6H2,2H3/p+1/b17-15-,18-16-;7-5-,8-6-;;/t45?,46?,47-,50+,51+,52+,53+,54?,55?,56-,57-;15-;6?,7?,8-,9-,10?,11+;7?,8-,9-,10?,11+/m1100/s1. The van der Waals surface area contributed by atoms with Crippen molar-refractivity contribution < 1.29 is 189 Å². The van der Waals surface area contributed by atoms with Crippen LogP contribution in [0.1, 0.15) is 287 Å². The lowest BCUT2D eigenvalue weighted by Gasteiger charge is -2.38. The van der Waals surface area contributed by atoms with Gasteiger partial charge in [0.05, 0.1) is 96.6 Å². The Morgan fingerprint density at radius 1 is 0.370 bits per heavy atom. The van der Waals surface area contributed by atoms with Crippen LogP contribution < -0.4 is 10.6 Å². The summed E-state index contributed by atoms with van der Waals surface area (Å²) in [6, 6.07) is 0. The summed E-state index contributed by atoms with van der Waals surface area (Å²) in [5.41, 5.74) is 5.19. The highest BCUT2D eigenvalue weighted by Gasteiger charge is 2.46. The fourth-order valence-corrected chi connectivity index (χ4v) is 15.6. The number of nitrogens with one attached hydrogen (secondary N) is 1. The molecule has 4 rings (SSSR count). The number of hydrogen-bond acceptors (Lipinski definition) is 37. The first-order chi connectivity index (χ1) is 66.0. The van der Waals surface area contributed by atoms with Crippen molar-refractivity contribution >= 4 is 39.5 Å². The van der Waals surface area contributed by atoms with Crippen LogP contribution in [0.15, 0.2) is 61.3 Å². The number of aliphatic hydroxyl groups is 13. The van der Waals surface area contributed by atoms with Crippen molar-refractivity contribution in [3.8, 4) is 0 Å². The molecule has 138 heavy (non-hydrogen) atoms. The summed E-state index contributed by atoms with van der Waals surface area (Å²) in [4.78, 5) is 70.6. The van der Waals surface area contributed by atoms with Crippen molar-refractivity contribution in [2.75, 3.05) is 99.4 Å². The average molecular weight is 2030 g/mol. The molecule has 18 N–H and O–H groups in total. The van der Waals surface area contributed by atoms with Crippen molar-refractivity contribution in [2.24, 2.45) is 5.73 Å². The van der Waals surface area contributed by atoms with E-state index in [9.17, 15) is 99.4 Å². The zero-order valence-corrected chi connectivity index (χ0v) is 85.4. The molecule has 0 amide bonds. The van der Waals surface area contributed by atoms with Gasteiger partial charge in [0.25, 0.3) is 0 Å².